The van der Waals surface area contributed by atoms with E-state index in [0.29, 0.717) is 0 Å². The molecule has 1 amide bonds. The minimum absolute atomic E-state index is 0.135. The topological polar surface area (TPSA) is 70.4 Å². The van der Waals surface area contributed by atoms with Crippen LogP contribution in [0.15, 0.2) is 71.9 Å². The van der Waals surface area contributed by atoms with E-state index >= 15 is 0 Å². The number of hydrogen-bond acceptors (Lipinski definition) is 5. The molecule has 0 saturated heterocycles. The summed E-state index contributed by atoms with van der Waals surface area (Å²) in [7, 11) is 0. The molecule has 2 aromatic carbocycles. The maximum absolute atomic E-state index is 11.8. The molecule has 4 rings (SSSR count). The quantitative estimate of drug-likeness (QED) is 0.428. The van der Waals surface area contributed by atoms with Crippen LogP contribution in [0.5, 0.6) is 0 Å². The van der Waals surface area contributed by atoms with Gasteiger partial charge in [0.25, 0.3) is 0 Å². The highest BCUT2D eigenvalue weighted by Gasteiger charge is 2.33. The monoisotopic (exact) mass is 352 g/mol. The van der Waals surface area contributed by atoms with Crippen LogP contribution in [-0.4, -0.2) is 20.9 Å². The number of carbonyl (C=O) groups excluding carboxylic acids is 1. The van der Waals surface area contributed by atoms with Gasteiger partial charge < -0.3 is 4.31 Å². The second-order valence-corrected chi connectivity index (χ2v) is 6.69. The van der Waals surface area contributed by atoms with E-state index in [1.165, 1.54) is 0 Å². The van der Waals surface area contributed by atoms with Crippen molar-refractivity contribution in [3.63, 3.8) is 0 Å². The number of amides is 1. The number of anilines is 1. The van der Waals surface area contributed by atoms with Crippen molar-refractivity contribution in [2.24, 2.45) is 0 Å². The zero-order chi connectivity index (χ0) is 17.2. The predicted octanol–water partition coefficient (Wildman–Crippen LogP) is 3.34. The molecule has 7 heteroatoms. The number of benzene rings is 2. The summed E-state index contributed by atoms with van der Waals surface area (Å²) in [4.78, 5) is 12.9. The van der Waals surface area contributed by atoms with E-state index < -0.39 is 5.91 Å². The zero-order valence-corrected chi connectivity index (χ0v) is 14.1. The molecule has 126 valence electrons. The van der Waals surface area contributed by atoms with Crippen molar-refractivity contribution in [1.82, 2.24) is 15.3 Å². The molecule has 2 N–H and O–H groups in total. The number of rotatable bonds is 4. The van der Waals surface area contributed by atoms with Gasteiger partial charge in [-0.3, -0.25) is 10.0 Å². The van der Waals surface area contributed by atoms with E-state index in [9.17, 15) is 4.79 Å². The van der Waals surface area contributed by atoms with Crippen LogP contribution < -0.4 is 9.79 Å². The molecule has 1 atom stereocenters. The summed E-state index contributed by atoms with van der Waals surface area (Å²) >= 11 is 1.60. The van der Waals surface area contributed by atoms with Crippen molar-refractivity contribution in [2.75, 3.05) is 4.31 Å². The first kappa shape index (κ1) is 15.7. The lowest BCUT2D eigenvalue weighted by Crippen LogP contribution is -2.26. The summed E-state index contributed by atoms with van der Waals surface area (Å²) < 4.78 is 3.90. The van der Waals surface area contributed by atoms with Crippen LogP contribution in [0.4, 0.5) is 5.69 Å². The molecular weight excluding hydrogens is 336 g/mol. The Kier molecular flexibility index (Phi) is 4.17. The Morgan fingerprint density at radius 2 is 1.88 bits per heavy atom. The van der Waals surface area contributed by atoms with E-state index in [1.54, 1.807) is 28.3 Å². The molecule has 1 aliphatic heterocycles. The molecule has 0 saturated carbocycles. The summed E-state index contributed by atoms with van der Waals surface area (Å²) in [6.07, 6.45) is 3.82. The van der Waals surface area contributed by atoms with Crippen molar-refractivity contribution in [1.29, 1.82) is 0 Å². The maximum Gasteiger partial charge on any atom is 0.245 e. The summed E-state index contributed by atoms with van der Waals surface area (Å²) in [5.74, 6) is -0.402. The molecule has 2 heterocycles. The molecule has 0 aliphatic carbocycles. The number of carbonyl (C=O) groups is 1. The van der Waals surface area contributed by atoms with Crippen LogP contribution >= 0.6 is 11.9 Å². The number of fused-ring (bicyclic) bond motifs is 1. The van der Waals surface area contributed by atoms with Crippen molar-refractivity contribution < 1.29 is 10.0 Å². The maximum atomic E-state index is 11.8. The third kappa shape index (κ3) is 2.99. The summed E-state index contributed by atoms with van der Waals surface area (Å²) in [5, 5.41) is 13.1. The minimum Gasteiger partial charge on any atom is -0.304 e. The van der Waals surface area contributed by atoms with Gasteiger partial charge >= 0.3 is 0 Å². The van der Waals surface area contributed by atoms with E-state index in [2.05, 4.69) is 9.40 Å². The van der Waals surface area contributed by atoms with Crippen LogP contribution in [0.1, 0.15) is 18.0 Å². The fourth-order valence-electron chi connectivity index (χ4n) is 2.96. The number of nitrogens with one attached hydrogen (secondary N) is 1. The summed E-state index contributed by atoms with van der Waals surface area (Å²) in [6.45, 7) is 0. The van der Waals surface area contributed by atoms with Gasteiger partial charge in [0, 0.05) is 23.0 Å². The molecule has 0 spiro atoms. The fraction of sp³-hybridized carbons (Fsp3) is 0.111. The van der Waals surface area contributed by atoms with Gasteiger partial charge in [-0.25, -0.2) is 10.2 Å². The Bertz CT molecular complexity index is 880. The van der Waals surface area contributed by atoms with Gasteiger partial charge in [-0.15, -0.1) is 0 Å². The van der Waals surface area contributed by atoms with Gasteiger partial charge in [-0.1, -0.05) is 18.2 Å². The van der Waals surface area contributed by atoms with Crippen LogP contribution in [0.3, 0.4) is 0 Å². The smallest absolute Gasteiger partial charge is 0.245 e. The lowest BCUT2D eigenvalue weighted by molar-refractivity contribution is -0.129. The normalized spacial score (nSPS) is 15.9. The molecule has 3 aromatic rings. The lowest BCUT2D eigenvalue weighted by Gasteiger charge is -2.25. The second-order valence-electron chi connectivity index (χ2n) is 5.68. The highest BCUT2D eigenvalue weighted by Crippen LogP contribution is 2.48. The highest BCUT2D eigenvalue weighted by molar-refractivity contribution is 8.01. The van der Waals surface area contributed by atoms with Crippen LogP contribution in [-0.2, 0) is 4.79 Å². The Balaban J connectivity index is 1.65. The van der Waals surface area contributed by atoms with Gasteiger partial charge in [-0.05, 0) is 53.9 Å². The Morgan fingerprint density at radius 3 is 2.60 bits per heavy atom. The Hall–Kier alpha value is -2.77. The molecular formula is C18H16N4O2S. The third-order valence-corrected chi connectivity index (χ3v) is 5.36. The number of nitrogens with zero attached hydrogens (tertiary/aromatic N) is 3. The fourth-order valence-corrected chi connectivity index (χ4v) is 4.16. The molecule has 1 unspecified atom stereocenters. The molecule has 1 aliphatic rings. The first-order valence-corrected chi connectivity index (χ1v) is 8.63. The molecule has 6 nitrogen and oxygen atoms in total. The zero-order valence-electron chi connectivity index (χ0n) is 13.2. The highest BCUT2D eigenvalue weighted by atomic mass is 32.2. The van der Waals surface area contributed by atoms with E-state index in [1.807, 2.05) is 60.8 Å². The number of hydrogen-bond donors (Lipinski definition) is 2. The third-order valence-electron chi connectivity index (χ3n) is 4.13. The standard InChI is InChI=1S/C18H16N4O2S/c23-18(20-24)12-16-15-4-1-2-5-17(15)25-22(16)14-8-6-13(7-9-14)21-11-3-10-19-21/h1-11,16,24H,12H2,(H,20,23). The van der Waals surface area contributed by atoms with Gasteiger partial charge in [0.05, 0.1) is 18.2 Å². The summed E-state index contributed by atoms with van der Waals surface area (Å²) in [5.41, 5.74) is 4.79. The largest absolute Gasteiger partial charge is 0.304 e. The van der Waals surface area contributed by atoms with Gasteiger partial charge in [0.15, 0.2) is 0 Å². The molecule has 0 fully saturated rings. The van der Waals surface area contributed by atoms with Crippen LogP contribution in [0, 0.1) is 0 Å². The SMILES string of the molecule is O=C(CC1c2ccccc2SN1c1ccc(-n2cccn2)cc1)NO. The van der Waals surface area contributed by atoms with E-state index in [4.69, 9.17) is 5.21 Å². The van der Waals surface area contributed by atoms with Gasteiger partial charge in [0.2, 0.25) is 5.91 Å². The summed E-state index contributed by atoms with van der Waals surface area (Å²) in [6, 6.07) is 17.8. The first-order valence-electron chi connectivity index (χ1n) is 7.85. The predicted molar refractivity (Wildman–Crippen MR) is 95.6 cm³/mol. The van der Waals surface area contributed by atoms with Crippen molar-refractivity contribution >= 4 is 23.5 Å². The number of aromatic nitrogens is 2. The number of hydroxylamine groups is 1. The Morgan fingerprint density at radius 1 is 1.12 bits per heavy atom. The minimum atomic E-state index is -0.402. The molecule has 0 bridgehead atoms. The second kappa shape index (κ2) is 6.62. The van der Waals surface area contributed by atoms with Crippen LogP contribution in [0.2, 0.25) is 0 Å². The van der Waals surface area contributed by atoms with Crippen LogP contribution in [0.25, 0.3) is 5.69 Å². The van der Waals surface area contributed by atoms with E-state index in [0.717, 1.165) is 21.8 Å². The van der Waals surface area contributed by atoms with E-state index in [-0.39, 0.29) is 12.5 Å². The molecule has 1 aromatic heterocycles. The molecule has 25 heavy (non-hydrogen) atoms. The van der Waals surface area contributed by atoms with Gasteiger partial charge in [0.1, 0.15) is 0 Å². The average Bonchev–Trinajstić information content (AvgIpc) is 3.30. The lowest BCUT2D eigenvalue weighted by atomic mass is 10.0. The average molecular weight is 352 g/mol. The van der Waals surface area contributed by atoms with Crippen molar-refractivity contribution in [2.45, 2.75) is 17.4 Å². The molecule has 0 radical (unpaired) electrons. The van der Waals surface area contributed by atoms with Crippen molar-refractivity contribution in [3.8, 4) is 5.69 Å². The Labute approximate surface area is 149 Å². The first-order chi connectivity index (χ1) is 12.3. The van der Waals surface area contributed by atoms with Gasteiger partial charge in [-0.2, -0.15) is 5.10 Å². The van der Waals surface area contributed by atoms with Crippen molar-refractivity contribution in [3.05, 3.63) is 72.6 Å².